The summed E-state index contributed by atoms with van der Waals surface area (Å²) < 4.78 is 18.9. The van der Waals surface area contributed by atoms with E-state index in [4.69, 9.17) is 4.74 Å². The van der Waals surface area contributed by atoms with Crippen molar-refractivity contribution in [1.82, 2.24) is 0 Å². The van der Waals surface area contributed by atoms with Crippen LogP contribution in [0.3, 0.4) is 0 Å². The van der Waals surface area contributed by atoms with Crippen LogP contribution in [0.5, 0.6) is 5.75 Å². The van der Waals surface area contributed by atoms with Crippen molar-refractivity contribution in [1.29, 1.82) is 5.26 Å². The Morgan fingerprint density at radius 1 is 1.26 bits per heavy atom. The number of nitriles is 1. The molecular formula is C20H20FNO. The van der Waals surface area contributed by atoms with E-state index < -0.39 is 0 Å². The van der Waals surface area contributed by atoms with Crippen molar-refractivity contribution in [3.63, 3.8) is 0 Å². The van der Waals surface area contributed by atoms with Gasteiger partial charge in [0.05, 0.1) is 18.8 Å². The normalized spacial score (nSPS) is 10.5. The average molecular weight is 309 g/mol. The second-order valence-corrected chi connectivity index (χ2v) is 5.82. The lowest BCUT2D eigenvalue weighted by atomic mass is 9.84. The Kier molecular flexibility index (Phi) is 4.86. The van der Waals surface area contributed by atoms with Gasteiger partial charge in [0.25, 0.3) is 0 Å². The van der Waals surface area contributed by atoms with Crippen LogP contribution >= 0.6 is 0 Å². The second-order valence-electron chi connectivity index (χ2n) is 5.82. The maximum absolute atomic E-state index is 13.3. The highest BCUT2D eigenvalue weighted by Gasteiger charge is 2.22. The molecule has 0 fully saturated rings. The molecule has 0 saturated carbocycles. The van der Waals surface area contributed by atoms with Crippen LogP contribution in [0.2, 0.25) is 0 Å². The Bertz CT molecular complexity index is 783. The third kappa shape index (κ3) is 3.12. The molecule has 0 aliphatic heterocycles. The summed E-state index contributed by atoms with van der Waals surface area (Å²) in [7, 11) is 1.60. The van der Waals surface area contributed by atoms with Gasteiger partial charge in [-0.2, -0.15) is 5.26 Å². The number of allylic oxidation sites excluding steroid dienone is 1. The van der Waals surface area contributed by atoms with E-state index in [0.29, 0.717) is 11.3 Å². The molecule has 0 aromatic heterocycles. The molecule has 0 saturated heterocycles. The lowest BCUT2D eigenvalue weighted by Gasteiger charge is -2.22. The molecule has 0 aliphatic carbocycles. The van der Waals surface area contributed by atoms with E-state index >= 15 is 0 Å². The van der Waals surface area contributed by atoms with Crippen LogP contribution in [0, 0.1) is 24.1 Å². The highest BCUT2D eigenvalue weighted by Crippen LogP contribution is 2.43. The summed E-state index contributed by atoms with van der Waals surface area (Å²) >= 11 is 0. The number of hydrogen-bond acceptors (Lipinski definition) is 2. The maximum atomic E-state index is 13.3. The molecule has 118 valence electrons. The number of rotatable bonds is 4. The van der Waals surface area contributed by atoms with Crippen molar-refractivity contribution in [2.45, 2.75) is 26.7 Å². The predicted octanol–water partition coefficient (Wildman–Crippen LogP) is 5.47. The van der Waals surface area contributed by atoms with Gasteiger partial charge in [0.15, 0.2) is 0 Å². The van der Waals surface area contributed by atoms with Gasteiger partial charge in [-0.25, -0.2) is 4.39 Å². The van der Waals surface area contributed by atoms with E-state index in [1.54, 1.807) is 19.2 Å². The van der Waals surface area contributed by atoms with Gasteiger partial charge >= 0.3 is 0 Å². The fraction of sp³-hybridized carbons (Fsp3) is 0.250. The monoisotopic (exact) mass is 309 g/mol. The Balaban J connectivity index is 2.93. The molecule has 0 heterocycles. The first-order valence-corrected chi connectivity index (χ1v) is 7.47. The number of aryl methyl sites for hydroxylation is 1. The van der Waals surface area contributed by atoms with Crippen molar-refractivity contribution < 1.29 is 9.13 Å². The first kappa shape index (κ1) is 16.8. The van der Waals surface area contributed by atoms with Gasteiger partial charge in [0.1, 0.15) is 11.6 Å². The SMILES string of the molecule is C=C(C#N)c1c(C(C)C)cc(C)c(OC)c1-c1ccc(F)cc1. The molecule has 2 aromatic rings. The molecule has 0 radical (unpaired) electrons. The topological polar surface area (TPSA) is 33.0 Å². The summed E-state index contributed by atoms with van der Waals surface area (Å²) in [6.45, 7) is 10.0. The number of benzene rings is 2. The van der Waals surface area contributed by atoms with Gasteiger partial charge in [0.2, 0.25) is 0 Å². The van der Waals surface area contributed by atoms with Crippen molar-refractivity contribution in [2.75, 3.05) is 7.11 Å². The van der Waals surface area contributed by atoms with Crippen LogP contribution < -0.4 is 4.74 Å². The van der Waals surface area contributed by atoms with Gasteiger partial charge < -0.3 is 4.74 Å². The molecule has 23 heavy (non-hydrogen) atoms. The predicted molar refractivity (Wildman–Crippen MR) is 91.9 cm³/mol. The van der Waals surface area contributed by atoms with E-state index in [9.17, 15) is 9.65 Å². The van der Waals surface area contributed by atoms with Gasteiger partial charge in [0, 0.05) is 11.1 Å². The van der Waals surface area contributed by atoms with Crippen molar-refractivity contribution in [3.8, 4) is 22.9 Å². The van der Waals surface area contributed by atoms with Gasteiger partial charge in [-0.15, -0.1) is 0 Å². The standard InChI is InChI=1S/C20H20FNO/c1-12(2)17-10-13(3)20(23-5)19(18(17)14(4)11-22)15-6-8-16(21)9-7-15/h6-10,12H,4H2,1-3,5H3. The first-order valence-electron chi connectivity index (χ1n) is 7.47. The zero-order valence-electron chi connectivity index (χ0n) is 13.9. The summed E-state index contributed by atoms with van der Waals surface area (Å²) in [5, 5.41) is 9.39. The van der Waals surface area contributed by atoms with Gasteiger partial charge in [-0.1, -0.05) is 38.6 Å². The summed E-state index contributed by atoms with van der Waals surface area (Å²) in [4.78, 5) is 0. The van der Waals surface area contributed by atoms with Crippen LogP contribution in [-0.4, -0.2) is 7.11 Å². The minimum Gasteiger partial charge on any atom is -0.496 e. The fourth-order valence-corrected chi connectivity index (χ4v) is 2.82. The van der Waals surface area contributed by atoms with Gasteiger partial charge in [-0.3, -0.25) is 0 Å². The molecule has 0 spiro atoms. The maximum Gasteiger partial charge on any atom is 0.130 e. The van der Waals surface area contributed by atoms with Gasteiger partial charge in [-0.05, 0) is 41.7 Å². The van der Waals surface area contributed by atoms with E-state index in [1.165, 1.54) is 12.1 Å². The lowest BCUT2D eigenvalue weighted by molar-refractivity contribution is 0.413. The van der Waals surface area contributed by atoms with E-state index in [0.717, 1.165) is 27.8 Å². The highest BCUT2D eigenvalue weighted by molar-refractivity contribution is 5.91. The zero-order chi connectivity index (χ0) is 17.1. The molecule has 0 N–H and O–H groups in total. The van der Waals surface area contributed by atoms with Crippen LogP contribution in [0.15, 0.2) is 36.9 Å². The molecule has 2 aromatic carbocycles. The zero-order valence-corrected chi connectivity index (χ0v) is 13.9. The number of nitrogens with zero attached hydrogens (tertiary/aromatic N) is 1. The third-order valence-electron chi connectivity index (χ3n) is 3.89. The molecule has 0 amide bonds. The first-order chi connectivity index (χ1) is 10.9. The average Bonchev–Trinajstić information content (AvgIpc) is 2.53. The highest BCUT2D eigenvalue weighted by atomic mass is 19.1. The Hall–Kier alpha value is -2.60. The summed E-state index contributed by atoms with van der Waals surface area (Å²) in [5.41, 5.74) is 4.77. The van der Waals surface area contributed by atoms with E-state index in [1.807, 2.05) is 13.0 Å². The molecule has 2 nitrogen and oxygen atoms in total. The molecule has 2 rings (SSSR count). The van der Waals surface area contributed by atoms with Crippen LogP contribution in [0.25, 0.3) is 16.7 Å². The lowest BCUT2D eigenvalue weighted by Crippen LogP contribution is -2.03. The number of hydrogen-bond donors (Lipinski definition) is 0. The van der Waals surface area contributed by atoms with E-state index in [2.05, 4.69) is 26.5 Å². The van der Waals surface area contributed by atoms with Crippen molar-refractivity contribution >= 4 is 5.57 Å². The fourth-order valence-electron chi connectivity index (χ4n) is 2.82. The molecule has 0 aliphatic rings. The Morgan fingerprint density at radius 2 is 1.87 bits per heavy atom. The largest absolute Gasteiger partial charge is 0.496 e. The Labute approximate surface area is 136 Å². The summed E-state index contributed by atoms with van der Waals surface area (Å²) in [5.74, 6) is 0.608. The third-order valence-corrected chi connectivity index (χ3v) is 3.89. The van der Waals surface area contributed by atoms with Crippen LogP contribution in [0.4, 0.5) is 4.39 Å². The second kappa shape index (κ2) is 6.66. The molecular weight excluding hydrogens is 289 g/mol. The number of methoxy groups -OCH3 is 1. The molecule has 0 atom stereocenters. The minimum absolute atomic E-state index is 0.221. The minimum atomic E-state index is -0.301. The number of halogens is 1. The number of ether oxygens (including phenoxy) is 1. The van der Waals surface area contributed by atoms with E-state index in [-0.39, 0.29) is 11.7 Å². The molecule has 0 unspecified atom stereocenters. The molecule has 0 bridgehead atoms. The molecule has 3 heteroatoms. The Morgan fingerprint density at radius 3 is 2.35 bits per heavy atom. The van der Waals surface area contributed by atoms with Crippen LogP contribution in [-0.2, 0) is 0 Å². The quantitative estimate of drug-likeness (QED) is 0.702. The van der Waals surface area contributed by atoms with Crippen molar-refractivity contribution in [3.05, 3.63) is 59.4 Å². The summed E-state index contributed by atoms with van der Waals surface area (Å²) in [6.07, 6.45) is 0. The van der Waals surface area contributed by atoms with Crippen LogP contribution in [0.1, 0.15) is 36.5 Å². The summed E-state index contributed by atoms with van der Waals surface area (Å²) in [6, 6.07) is 10.4. The van der Waals surface area contributed by atoms with Crippen molar-refractivity contribution in [2.24, 2.45) is 0 Å². The smallest absolute Gasteiger partial charge is 0.130 e.